The van der Waals surface area contributed by atoms with Gasteiger partial charge in [0.2, 0.25) is 17.6 Å². The average molecular weight is 391 g/mol. The predicted octanol–water partition coefficient (Wildman–Crippen LogP) is 4.34. The number of aryl methyl sites for hydroxylation is 1. The summed E-state index contributed by atoms with van der Waals surface area (Å²) < 4.78 is 49.2. The number of anilines is 1. The summed E-state index contributed by atoms with van der Waals surface area (Å²) in [4.78, 5) is 16.2. The van der Waals surface area contributed by atoms with Gasteiger partial charge in [-0.25, -0.2) is 0 Å². The quantitative estimate of drug-likeness (QED) is 0.677. The molecule has 1 aromatic heterocycles. The number of hydrogen-bond donors (Lipinski definition) is 1. The molecular formula is C19H16F3N3O3. The predicted molar refractivity (Wildman–Crippen MR) is 94.7 cm³/mol. The highest BCUT2D eigenvalue weighted by Gasteiger charge is 2.33. The molecule has 28 heavy (non-hydrogen) atoms. The Bertz CT molecular complexity index is 970. The van der Waals surface area contributed by atoms with Crippen LogP contribution in [0.3, 0.4) is 0 Å². The van der Waals surface area contributed by atoms with Gasteiger partial charge in [-0.3, -0.25) is 4.79 Å². The van der Waals surface area contributed by atoms with E-state index in [-0.39, 0.29) is 24.4 Å². The Balaban J connectivity index is 1.62. The second-order valence-electron chi connectivity index (χ2n) is 5.84. The molecular weight excluding hydrogens is 375 g/mol. The first-order valence-corrected chi connectivity index (χ1v) is 8.30. The molecule has 3 rings (SSSR count). The number of aromatic nitrogens is 2. The van der Waals surface area contributed by atoms with Crippen LogP contribution in [0.4, 0.5) is 18.9 Å². The van der Waals surface area contributed by atoms with Crippen LogP contribution >= 0.6 is 0 Å². The summed E-state index contributed by atoms with van der Waals surface area (Å²) in [5.74, 6) is 0.582. The van der Waals surface area contributed by atoms with Crippen LogP contribution in [0.15, 0.2) is 53.1 Å². The van der Waals surface area contributed by atoms with Crippen molar-refractivity contribution in [2.45, 2.75) is 19.0 Å². The molecule has 9 heteroatoms. The van der Waals surface area contributed by atoms with E-state index in [1.54, 1.807) is 24.3 Å². The molecule has 1 amide bonds. The molecule has 1 N–H and O–H groups in total. The number of nitrogens with zero attached hydrogens (tertiary/aromatic N) is 2. The zero-order valence-electron chi connectivity index (χ0n) is 14.8. The van der Waals surface area contributed by atoms with Gasteiger partial charge in [-0.15, -0.1) is 0 Å². The highest BCUT2D eigenvalue weighted by Crippen LogP contribution is 2.34. The molecule has 0 bridgehead atoms. The Hall–Kier alpha value is -3.36. The summed E-state index contributed by atoms with van der Waals surface area (Å²) in [5, 5.41) is 6.12. The molecule has 6 nitrogen and oxygen atoms in total. The Labute approximate surface area is 158 Å². The molecule has 2 aromatic carbocycles. The van der Waals surface area contributed by atoms with E-state index >= 15 is 0 Å². The first kappa shape index (κ1) is 19.4. The van der Waals surface area contributed by atoms with E-state index in [2.05, 4.69) is 15.5 Å². The lowest BCUT2D eigenvalue weighted by atomic mass is 10.1. The van der Waals surface area contributed by atoms with Crippen LogP contribution in [-0.4, -0.2) is 23.2 Å². The van der Waals surface area contributed by atoms with E-state index in [9.17, 15) is 18.0 Å². The van der Waals surface area contributed by atoms with Gasteiger partial charge in [0, 0.05) is 18.4 Å². The summed E-state index contributed by atoms with van der Waals surface area (Å²) in [6.07, 6.45) is -4.56. The highest BCUT2D eigenvalue weighted by atomic mass is 19.4. The van der Waals surface area contributed by atoms with Gasteiger partial charge in [-0.1, -0.05) is 29.4 Å². The van der Waals surface area contributed by atoms with Crippen molar-refractivity contribution in [3.8, 4) is 17.1 Å². The third kappa shape index (κ3) is 4.67. The van der Waals surface area contributed by atoms with Gasteiger partial charge in [0.1, 0.15) is 5.75 Å². The van der Waals surface area contributed by atoms with E-state index in [1.807, 2.05) is 0 Å². The third-order valence-electron chi connectivity index (χ3n) is 3.87. The minimum atomic E-state index is -4.55. The van der Waals surface area contributed by atoms with E-state index in [0.29, 0.717) is 17.1 Å². The minimum absolute atomic E-state index is 0.0942. The number of rotatable bonds is 6. The van der Waals surface area contributed by atoms with Gasteiger partial charge in [0.25, 0.3) is 0 Å². The van der Waals surface area contributed by atoms with Crippen LogP contribution in [0.2, 0.25) is 0 Å². The summed E-state index contributed by atoms with van der Waals surface area (Å²) in [6, 6.07) is 11.8. The fraction of sp³-hybridized carbons (Fsp3) is 0.211. The van der Waals surface area contributed by atoms with Crippen molar-refractivity contribution in [3.05, 3.63) is 60.0 Å². The topological polar surface area (TPSA) is 77.2 Å². The molecule has 0 aliphatic heterocycles. The van der Waals surface area contributed by atoms with Gasteiger partial charge in [-0.05, 0) is 24.3 Å². The maximum absolute atomic E-state index is 13.0. The Kier molecular flexibility index (Phi) is 5.62. The standard InChI is InChI=1S/C19H16F3N3O3/c1-27-13-6-4-5-12(11-13)18-24-17(28-25-18)10-9-16(26)23-15-8-3-2-7-14(15)19(20,21)22/h2-8,11H,9-10H2,1H3,(H,23,26). The highest BCUT2D eigenvalue weighted by molar-refractivity contribution is 5.91. The first-order valence-electron chi connectivity index (χ1n) is 8.30. The van der Waals surface area contributed by atoms with E-state index in [0.717, 1.165) is 6.07 Å². The fourth-order valence-corrected chi connectivity index (χ4v) is 2.51. The molecule has 0 radical (unpaired) electrons. The molecule has 0 atom stereocenters. The number of carbonyl (C=O) groups is 1. The van der Waals surface area contributed by atoms with Gasteiger partial charge in [0.15, 0.2) is 0 Å². The van der Waals surface area contributed by atoms with Crippen molar-refractivity contribution in [2.75, 3.05) is 12.4 Å². The van der Waals surface area contributed by atoms with Gasteiger partial charge >= 0.3 is 6.18 Å². The lowest BCUT2D eigenvalue weighted by Crippen LogP contribution is -2.16. The van der Waals surface area contributed by atoms with Crippen molar-refractivity contribution in [1.82, 2.24) is 10.1 Å². The largest absolute Gasteiger partial charge is 0.497 e. The van der Waals surface area contributed by atoms with Crippen molar-refractivity contribution < 1.29 is 27.2 Å². The van der Waals surface area contributed by atoms with Gasteiger partial charge < -0.3 is 14.6 Å². The van der Waals surface area contributed by atoms with Crippen molar-refractivity contribution in [2.24, 2.45) is 0 Å². The molecule has 0 fully saturated rings. The molecule has 0 unspecified atom stereocenters. The van der Waals surface area contributed by atoms with Crippen LogP contribution in [0.1, 0.15) is 17.9 Å². The van der Waals surface area contributed by atoms with E-state index < -0.39 is 17.6 Å². The molecule has 0 saturated carbocycles. The van der Waals surface area contributed by atoms with Crippen molar-refractivity contribution in [3.63, 3.8) is 0 Å². The third-order valence-corrected chi connectivity index (χ3v) is 3.87. The number of methoxy groups -OCH3 is 1. The number of nitrogens with one attached hydrogen (secondary N) is 1. The molecule has 0 aliphatic carbocycles. The second-order valence-corrected chi connectivity index (χ2v) is 5.84. The summed E-state index contributed by atoms with van der Waals surface area (Å²) in [6.45, 7) is 0. The van der Waals surface area contributed by atoms with E-state index in [1.165, 1.54) is 25.3 Å². The van der Waals surface area contributed by atoms with Crippen molar-refractivity contribution >= 4 is 11.6 Å². The van der Waals surface area contributed by atoms with Crippen LogP contribution in [0.25, 0.3) is 11.4 Å². The van der Waals surface area contributed by atoms with Gasteiger partial charge in [-0.2, -0.15) is 18.2 Å². The Morgan fingerprint density at radius 3 is 2.71 bits per heavy atom. The zero-order valence-corrected chi connectivity index (χ0v) is 14.8. The minimum Gasteiger partial charge on any atom is -0.497 e. The van der Waals surface area contributed by atoms with Crippen LogP contribution < -0.4 is 10.1 Å². The smallest absolute Gasteiger partial charge is 0.418 e. The first-order chi connectivity index (χ1) is 13.4. The molecule has 0 saturated heterocycles. The number of benzene rings is 2. The number of carbonyl (C=O) groups excluding carboxylic acids is 1. The lowest BCUT2D eigenvalue weighted by Gasteiger charge is -2.13. The molecule has 146 valence electrons. The maximum atomic E-state index is 13.0. The zero-order chi connectivity index (χ0) is 20.1. The van der Waals surface area contributed by atoms with Crippen molar-refractivity contribution in [1.29, 1.82) is 0 Å². The Morgan fingerprint density at radius 2 is 1.96 bits per heavy atom. The number of para-hydroxylation sites is 1. The number of hydrogen-bond acceptors (Lipinski definition) is 5. The number of ether oxygens (including phenoxy) is 1. The number of alkyl halides is 3. The summed E-state index contributed by atoms with van der Waals surface area (Å²) in [7, 11) is 1.54. The SMILES string of the molecule is COc1cccc(-c2noc(CCC(=O)Nc3ccccc3C(F)(F)F)n2)c1. The number of amides is 1. The molecule has 1 heterocycles. The normalized spacial score (nSPS) is 11.3. The fourth-order valence-electron chi connectivity index (χ4n) is 2.51. The average Bonchev–Trinajstić information content (AvgIpc) is 3.15. The van der Waals surface area contributed by atoms with Gasteiger partial charge in [0.05, 0.1) is 18.4 Å². The molecule has 0 spiro atoms. The Morgan fingerprint density at radius 1 is 1.18 bits per heavy atom. The second kappa shape index (κ2) is 8.12. The molecule has 3 aromatic rings. The van der Waals surface area contributed by atoms with Crippen LogP contribution in [0.5, 0.6) is 5.75 Å². The monoisotopic (exact) mass is 391 g/mol. The summed E-state index contributed by atoms with van der Waals surface area (Å²) >= 11 is 0. The lowest BCUT2D eigenvalue weighted by molar-refractivity contribution is -0.137. The van der Waals surface area contributed by atoms with E-state index in [4.69, 9.17) is 9.26 Å². The maximum Gasteiger partial charge on any atom is 0.418 e. The molecule has 0 aliphatic rings. The van der Waals surface area contributed by atoms with Crippen LogP contribution in [0, 0.1) is 0 Å². The summed E-state index contributed by atoms with van der Waals surface area (Å²) in [5.41, 5.74) is -0.512. The number of halogens is 3. The van der Waals surface area contributed by atoms with Crippen LogP contribution in [-0.2, 0) is 17.4 Å².